The molecule has 0 aliphatic rings. The fourth-order valence-electron chi connectivity index (χ4n) is 3.41. The van der Waals surface area contributed by atoms with Crippen LogP contribution < -0.4 is 10.1 Å². The Hall–Kier alpha value is -3.68. The van der Waals surface area contributed by atoms with Crippen molar-refractivity contribution < 1.29 is 9.53 Å². The molecule has 0 fully saturated rings. The van der Waals surface area contributed by atoms with Gasteiger partial charge in [0.05, 0.1) is 11.7 Å². The standard InChI is InChI=1S/C23H26N6O2/c1-4-15-10-16(5-8-21(15)31-13-19(30)9-14(2)3)22-26-23(29-28-22)25-18-6-7-20-17(11-18)12-24-27-20/h5-8,10-12,14H,4,9,13H2,1-3H3,(H,24,27)(H2,25,26,28,29). The summed E-state index contributed by atoms with van der Waals surface area (Å²) in [5, 5.41) is 18.4. The minimum Gasteiger partial charge on any atom is -0.486 e. The number of nitrogens with zero attached hydrogens (tertiary/aromatic N) is 3. The van der Waals surface area contributed by atoms with Crippen LogP contribution in [0.1, 0.15) is 32.8 Å². The predicted octanol–water partition coefficient (Wildman–Crippen LogP) is 4.65. The van der Waals surface area contributed by atoms with Gasteiger partial charge in [-0.3, -0.25) is 15.0 Å². The molecule has 4 aromatic rings. The molecule has 0 radical (unpaired) electrons. The molecule has 3 N–H and O–H groups in total. The van der Waals surface area contributed by atoms with Gasteiger partial charge in [0.15, 0.2) is 11.6 Å². The number of carbonyl (C=O) groups excluding carboxylic acids is 1. The highest BCUT2D eigenvalue weighted by atomic mass is 16.5. The first-order valence-electron chi connectivity index (χ1n) is 10.4. The van der Waals surface area contributed by atoms with Crippen molar-refractivity contribution in [3.05, 3.63) is 48.2 Å². The smallest absolute Gasteiger partial charge is 0.246 e. The maximum Gasteiger partial charge on any atom is 0.246 e. The number of aromatic amines is 2. The van der Waals surface area contributed by atoms with E-state index in [9.17, 15) is 4.79 Å². The average molecular weight is 419 g/mol. The molecule has 0 spiro atoms. The van der Waals surface area contributed by atoms with Crippen LogP contribution in [0.15, 0.2) is 42.6 Å². The fourth-order valence-corrected chi connectivity index (χ4v) is 3.41. The molecule has 4 rings (SSSR count). The van der Waals surface area contributed by atoms with Crippen molar-refractivity contribution in [3.63, 3.8) is 0 Å². The van der Waals surface area contributed by atoms with Gasteiger partial charge in [-0.05, 0) is 54.3 Å². The minimum atomic E-state index is 0.0991. The molecule has 0 saturated carbocycles. The molecule has 2 aromatic heterocycles. The van der Waals surface area contributed by atoms with E-state index in [-0.39, 0.29) is 12.4 Å². The van der Waals surface area contributed by atoms with Gasteiger partial charge in [-0.2, -0.15) is 10.1 Å². The fraction of sp³-hybridized carbons (Fsp3) is 0.304. The van der Waals surface area contributed by atoms with Gasteiger partial charge < -0.3 is 10.1 Å². The summed E-state index contributed by atoms with van der Waals surface area (Å²) in [7, 11) is 0. The van der Waals surface area contributed by atoms with Gasteiger partial charge in [0.25, 0.3) is 0 Å². The Morgan fingerprint density at radius 1 is 1.16 bits per heavy atom. The minimum absolute atomic E-state index is 0.0991. The molecule has 31 heavy (non-hydrogen) atoms. The number of carbonyl (C=O) groups is 1. The number of aryl methyl sites for hydroxylation is 1. The molecule has 2 aromatic carbocycles. The molecular formula is C23H26N6O2. The van der Waals surface area contributed by atoms with Gasteiger partial charge in [0.2, 0.25) is 5.95 Å². The molecule has 8 nitrogen and oxygen atoms in total. The number of fused-ring (bicyclic) bond motifs is 1. The largest absolute Gasteiger partial charge is 0.486 e. The Balaban J connectivity index is 1.46. The molecule has 0 aliphatic heterocycles. The van der Waals surface area contributed by atoms with Gasteiger partial charge >= 0.3 is 0 Å². The van der Waals surface area contributed by atoms with Crippen molar-refractivity contribution in [3.8, 4) is 17.1 Å². The van der Waals surface area contributed by atoms with E-state index in [0.717, 1.165) is 39.9 Å². The van der Waals surface area contributed by atoms with E-state index in [1.807, 2.05) is 50.2 Å². The van der Waals surface area contributed by atoms with E-state index in [4.69, 9.17) is 4.74 Å². The molecule has 2 heterocycles. The van der Waals surface area contributed by atoms with E-state index in [1.54, 1.807) is 6.20 Å². The maximum atomic E-state index is 12.0. The molecule has 0 atom stereocenters. The van der Waals surface area contributed by atoms with Crippen molar-refractivity contribution in [1.82, 2.24) is 25.4 Å². The normalized spacial score (nSPS) is 11.2. The number of H-pyrrole nitrogens is 2. The Morgan fingerprint density at radius 2 is 2.03 bits per heavy atom. The van der Waals surface area contributed by atoms with Gasteiger partial charge in [0, 0.05) is 23.1 Å². The highest BCUT2D eigenvalue weighted by molar-refractivity contribution is 5.82. The zero-order valence-electron chi connectivity index (χ0n) is 17.9. The second-order valence-electron chi connectivity index (χ2n) is 7.91. The SMILES string of the molecule is CCc1cc(-c2nc(Nc3ccc4[nH]ncc4c3)n[nH]2)ccc1OCC(=O)CC(C)C. The van der Waals surface area contributed by atoms with E-state index in [1.165, 1.54) is 0 Å². The quantitative estimate of drug-likeness (QED) is 0.365. The summed E-state index contributed by atoms with van der Waals surface area (Å²) in [6.07, 6.45) is 3.09. The summed E-state index contributed by atoms with van der Waals surface area (Å²) < 4.78 is 5.78. The topological polar surface area (TPSA) is 109 Å². The Morgan fingerprint density at radius 3 is 2.84 bits per heavy atom. The monoisotopic (exact) mass is 418 g/mol. The summed E-state index contributed by atoms with van der Waals surface area (Å²) in [4.78, 5) is 16.5. The third kappa shape index (κ3) is 4.91. The molecule has 0 bridgehead atoms. The van der Waals surface area contributed by atoms with E-state index < -0.39 is 0 Å². The van der Waals surface area contributed by atoms with Gasteiger partial charge in [-0.1, -0.05) is 20.8 Å². The Kier molecular flexibility index (Phi) is 5.97. The van der Waals surface area contributed by atoms with Crippen molar-refractivity contribution in [2.75, 3.05) is 11.9 Å². The highest BCUT2D eigenvalue weighted by Crippen LogP contribution is 2.27. The zero-order valence-corrected chi connectivity index (χ0v) is 17.9. The average Bonchev–Trinajstić information content (AvgIpc) is 3.41. The lowest BCUT2D eigenvalue weighted by molar-refractivity contribution is -0.121. The molecule has 0 unspecified atom stereocenters. The molecule has 0 saturated heterocycles. The summed E-state index contributed by atoms with van der Waals surface area (Å²) in [5.41, 5.74) is 3.78. The second kappa shape index (κ2) is 8.99. The number of aromatic nitrogens is 5. The second-order valence-corrected chi connectivity index (χ2v) is 7.91. The van der Waals surface area contributed by atoms with Crippen LogP contribution in [-0.4, -0.2) is 37.8 Å². The molecule has 8 heteroatoms. The number of nitrogens with one attached hydrogen (secondary N) is 3. The lowest BCUT2D eigenvalue weighted by atomic mass is 10.1. The number of rotatable bonds is 9. The highest BCUT2D eigenvalue weighted by Gasteiger charge is 2.12. The van der Waals surface area contributed by atoms with Crippen LogP contribution in [0.5, 0.6) is 5.75 Å². The number of benzene rings is 2. The first-order chi connectivity index (χ1) is 15.0. The summed E-state index contributed by atoms with van der Waals surface area (Å²) in [5.74, 6) is 2.31. The van der Waals surface area contributed by atoms with E-state index in [0.29, 0.717) is 24.1 Å². The van der Waals surface area contributed by atoms with E-state index >= 15 is 0 Å². The summed E-state index contributed by atoms with van der Waals surface area (Å²) in [6, 6.07) is 11.7. The number of anilines is 2. The lowest BCUT2D eigenvalue weighted by Crippen LogP contribution is -2.14. The third-order valence-corrected chi connectivity index (χ3v) is 4.92. The van der Waals surface area contributed by atoms with Crippen LogP contribution in [0, 0.1) is 5.92 Å². The predicted molar refractivity (Wildman–Crippen MR) is 121 cm³/mol. The van der Waals surface area contributed by atoms with Gasteiger partial charge in [-0.25, -0.2) is 0 Å². The number of Topliss-reactive ketones (excluding diaryl/α,β-unsaturated/α-hetero) is 1. The zero-order chi connectivity index (χ0) is 21.8. The number of hydrogen-bond acceptors (Lipinski definition) is 6. The summed E-state index contributed by atoms with van der Waals surface area (Å²) >= 11 is 0. The molecule has 160 valence electrons. The van der Waals surface area contributed by atoms with Crippen LogP contribution in [0.2, 0.25) is 0 Å². The van der Waals surface area contributed by atoms with Crippen LogP contribution >= 0.6 is 0 Å². The van der Waals surface area contributed by atoms with Crippen molar-refractivity contribution in [2.45, 2.75) is 33.6 Å². The van der Waals surface area contributed by atoms with Crippen molar-refractivity contribution in [2.24, 2.45) is 5.92 Å². The molecule has 0 aliphatic carbocycles. The maximum absolute atomic E-state index is 12.0. The van der Waals surface area contributed by atoms with Crippen molar-refractivity contribution >= 4 is 28.3 Å². The van der Waals surface area contributed by atoms with Crippen molar-refractivity contribution in [1.29, 1.82) is 0 Å². The lowest BCUT2D eigenvalue weighted by Gasteiger charge is -2.11. The van der Waals surface area contributed by atoms with Gasteiger partial charge in [0.1, 0.15) is 12.4 Å². The third-order valence-electron chi connectivity index (χ3n) is 4.92. The van der Waals surface area contributed by atoms with Crippen LogP contribution in [0.25, 0.3) is 22.3 Å². The van der Waals surface area contributed by atoms with Crippen LogP contribution in [0.4, 0.5) is 11.6 Å². The van der Waals surface area contributed by atoms with Crippen LogP contribution in [-0.2, 0) is 11.2 Å². The first-order valence-corrected chi connectivity index (χ1v) is 10.4. The van der Waals surface area contributed by atoms with Gasteiger partial charge in [-0.15, -0.1) is 5.10 Å². The summed E-state index contributed by atoms with van der Waals surface area (Å²) in [6.45, 7) is 6.21. The first kappa shape index (κ1) is 20.6. The Bertz CT molecular complexity index is 1190. The van der Waals surface area contributed by atoms with Crippen LogP contribution in [0.3, 0.4) is 0 Å². The molecular weight excluding hydrogens is 392 g/mol. The Labute approximate surface area is 180 Å². The number of ketones is 1. The molecule has 0 amide bonds. The van der Waals surface area contributed by atoms with E-state index in [2.05, 4.69) is 37.6 Å². The number of ether oxygens (including phenoxy) is 1. The number of hydrogen-bond donors (Lipinski definition) is 3.